The second-order valence-corrected chi connectivity index (χ2v) is 8.70. The topological polar surface area (TPSA) is 63.8 Å². The molecule has 0 saturated heterocycles. The van der Waals surface area contributed by atoms with Crippen LogP contribution in [-0.2, 0) is 24.2 Å². The van der Waals surface area contributed by atoms with Crippen LogP contribution in [0.1, 0.15) is 29.8 Å². The van der Waals surface area contributed by atoms with E-state index in [1.165, 1.54) is 12.1 Å². The van der Waals surface area contributed by atoms with Gasteiger partial charge in [-0.2, -0.15) is 0 Å². The van der Waals surface area contributed by atoms with Crippen LogP contribution in [0.3, 0.4) is 0 Å². The fourth-order valence-corrected chi connectivity index (χ4v) is 4.00. The third-order valence-electron chi connectivity index (χ3n) is 5.66. The Morgan fingerprint density at radius 2 is 1.58 bits per heavy atom. The molecule has 4 aromatic rings. The fraction of sp³-hybridized carbons (Fsp3) is 0.185. The van der Waals surface area contributed by atoms with E-state index >= 15 is 0 Å². The van der Waals surface area contributed by atoms with Gasteiger partial charge in [0.15, 0.2) is 0 Å². The number of aliphatic imine (C=N–C) groups is 1. The minimum absolute atomic E-state index is 0. The van der Waals surface area contributed by atoms with Crippen LogP contribution >= 0.6 is 0 Å². The molecule has 1 aromatic heterocycles. The molecule has 0 unspecified atom stereocenters. The predicted octanol–water partition coefficient (Wildman–Crippen LogP) is -0.174. The van der Waals surface area contributed by atoms with E-state index in [0.29, 0.717) is 40.4 Å². The molecule has 2 heterocycles. The second-order valence-electron chi connectivity index (χ2n) is 8.70. The van der Waals surface area contributed by atoms with Gasteiger partial charge in [0.05, 0.1) is 11.1 Å². The summed E-state index contributed by atoms with van der Waals surface area (Å²) < 4.78 is 25.3. The van der Waals surface area contributed by atoms with E-state index in [-0.39, 0.29) is 61.6 Å². The molecule has 0 aliphatic carbocycles. The van der Waals surface area contributed by atoms with Gasteiger partial charge in [0, 0.05) is 23.6 Å². The number of hydrogen-bond donors (Lipinski definition) is 1. The molecule has 0 bridgehead atoms. The molecule has 0 spiro atoms. The second kappa shape index (κ2) is 11.6. The van der Waals surface area contributed by atoms with Crippen LogP contribution < -0.4 is 30.1 Å². The van der Waals surface area contributed by atoms with Crippen molar-refractivity contribution < 1.29 is 62.6 Å². The van der Waals surface area contributed by atoms with Crippen molar-refractivity contribution in [3.63, 3.8) is 0 Å². The molecule has 9 heteroatoms. The number of rotatable bonds is 4. The van der Waals surface area contributed by atoms with Gasteiger partial charge in [0.1, 0.15) is 23.8 Å². The normalized spacial score (nSPS) is 13.5. The first-order valence-electron chi connectivity index (χ1n) is 10.7. The number of furan rings is 1. The van der Waals surface area contributed by atoms with Gasteiger partial charge in [-0.15, -0.1) is 0 Å². The maximum atomic E-state index is 13.4. The van der Waals surface area contributed by atoms with Crippen LogP contribution in [0.15, 0.2) is 76.1 Å². The molecule has 3 aromatic carbocycles. The SMILES string of the molecule is CNC(=O)c1c(-c2ccc(F)cc2)oc2ccc(-c3cccc(C4=NC(C)(C)CO4)c3)cc12.[Cl-].[Cl-].[Zn+2]. The Labute approximate surface area is 234 Å². The molecule has 36 heavy (non-hydrogen) atoms. The van der Waals surface area contributed by atoms with Crippen molar-refractivity contribution in [2.24, 2.45) is 4.99 Å². The van der Waals surface area contributed by atoms with Crippen LogP contribution in [0.4, 0.5) is 4.39 Å². The number of amides is 1. The smallest absolute Gasteiger partial charge is 1.00 e. The summed E-state index contributed by atoms with van der Waals surface area (Å²) in [4.78, 5) is 17.5. The van der Waals surface area contributed by atoms with Crippen molar-refractivity contribution in [2.75, 3.05) is 13.7 Å². The summed E-state index contributed by atoms with van der Waals surface area (Å²) in [5.74, 6) is 0.426. The Balaban J connectivity index is 0.00000152. The van der Waals surface area contributed by atoms with E-state index in [1.54, 1.807) is 19.2 Å². The van der Waals surface area contributed by atoms with Gasteiger partial charge in [0.2, 0.25) is 5.90 Å². The maximum Gasteiger partial charge on any atom is 2.00 e. The van der Waals surface area contributed by atoms with E-state index in [4.69, 9.17) is 9.15 Å². The first-order valence-corrected chi connectivity index (χ1v) is 10.7. The van der Waals surface area contributed by atoms with Crippen molar-refractivity contribution in [3.05, 3.63) is 83.7 Å². The van der Waals surface area contributed by atoms with Crippen LogP contribution in [0.25, 0.3) is 33.4 Å². The predicted molar refractivity (Wildman–Crippen MR) is 127 cm³/mol. The summed E-state index contributed by atoms with van der Waals surface area (Å²) >= 11 is 0. The summed E-state index contributed by atoms with van der Waals surface area (Å²) in [7, 11) is 1.58. The number of hydrogen-bond acceptors (Lipinski definition) is 4. The molecule has 5 nitrogen and oxygen atoms in total. The summed E-state index contributed by atoms with van der Waals surface area (Å²) in [5, 5.41) is 3.38. The first-order chi connectivity index (χ1) is 15.8. The first kappa shape index (κ1) is 29.5. The zero-order valence-corrected chi connectivity index (χ0v) is 24.5. The van der Waals surface area contributed by atoms with Gasteiger partial charge in [-0.25, -0.2) is 9.38 Å². The molecule has 0 fully saturated rings. The number of fused-ring (bicyclic) bond motifs is 1. The average Bonchev–Trinajstić information content (AvgIpc) is 3.38. The molecular formula is C27H23Cl2FN2O3Zn. The molecule has 1 aliphatic rings. The number of nitrogens with one attached hydrogen (secondary N) is 1. The van der Waals surface area contributed by atoms with Gasteiger partial charge in [-0.3, -0.25) is 4.79 Å². The molecule has 1 N–H and O–H groups in total. The van der Waals surface area contributed by atoms with Gasteiger partial charge in [-0.1, -0.05) is 18.2 Å². The van der Waals surface area contributed by atoms with Crippen LogP contribution in [0.2, 0.25) is 0 Å². The van der Waals surface area contributed by atoms with Crippen molar-refractivity contribution in [1.82, 2.24) is 5.32 Å². The van der Waals surface area contributed by atoms with Gasteiger partial charge >= 0.3 is 19.5 Å². The Bertz CT molecular complexity index is 1420. The van der Waals surface area contributed by atoms with E-state index in [1.807, 2.05) is 56.3 Å². The minimum Gasteiger partial charge on any atom is -1.00 e. The molecule has 0 saturated carbocycles. The van der Waals surface area contributed by atoms with Crippen molar-refractivity contribution >= 4 is 22.8 Å². The summed E-state index contributed by atoms with van der Waals surface area (Å²) in [6, 6.07) is 19.6. The fourth-order valence-electron chi connectivity index (χ4n) is 4.00. The van der Waals surface area contributed by atoms with Crippen molar-refractivity contribution in [1.29, 1.82) is 0 Å². The third kappa shape index (κ3) is 5.64. The number of halogens is 3. The summed E-state index contributed by atoms with van der Waals surface area (Å²) in [5.41, 5.74) is 4.20. The summed E-state index contributed by atoms with van der Waals surface area (Å²) in [6.07, 6.45) is 0. The molecule has 0 atom stereocenters. The molecule has 1 aliphatic heterocycles. The minimum atomic E-state index is -0.349. The Morgan fingerprint density at radius 1 is 0.944 bits per heavy atom. The van der Waals surface area contributed by atoms with E-state index < -0.39 is 0 Å². The number of carbonyl (C=O) groups excluding carboxylic acids is 1. The third-order valence-corrected chi connectivity index (χ3v) is 5.66. The van der Waals surface area contributed by atoms with Crippen molar-refractivity contribution in [3.8, 4) is 22.5 Å². The van der Waals surface area contributed by atoms with E-state index in [9.17, 15) is 9.18 Å². The molecular weight excluding hydrogens is 556 g/mol. The Hall–Kier alpha value is -2.73. The van der Waals surface area contributed by atoms with Crippen molar-refractivity contribution in [2.45, 2.75) is 19.4 Å². The largest absolute Gasteiger partial charge is 2.00 e. The average molecular weight is 579 g/mol. The number of nitrogens with zero attached hydrogens (tertiary/aromatic N) is 1. The molecule has 182 valence electrons. The van der Waals surface area contributed by atoms with Crippen LogP contribution in [0, 0.1) is 5.82 Å². The summed E-state index contributed by atoms with van der Waals surface area (Å²) in [6.45, 7) is 4.63. The monoisotopic (exact) mass is 576 g/mol. The zero-order chi connectivity index (χ0) is 23.2. The number of carbonyl (C=O) groups is 1. The van der Waals surface area contributed by atoms with E-state index in [0.717, 1.165) is 16.7 Å². The standard InChI is InChI=1S/C27H23FN2O3.2ClH.Zn/c1-27(2)15-32-26(30-27)19-6-4-5-17(13-19)18-9-12-22-21(14-18)23(25(31)29-3)24(33-22)16-7-10-20(28)11-8-16;;;/h4-14H,15H2,1-3H3,(H,29,31);2*1H;/q;;;+2/p-2. The van der Waals surface area contributed by atoms with Crippen LogP contribution in [0.5, 0.6) is 0 Å². The maximum absolute atomic E-state index is 13.4. The van der Waals surface area contributed by atoms with Gasteiger partial charge < -0.3 is 39.3 Å². The number of benzene rings is 3. The van der Waals surface area contributed by atoms with Gasteiger partial charge in [0.25, 0.3) is 5.91 Å². The number of ether oxygens (including phenoxy) is 1. The van der Waals surface area contributed by atoms with E-state index in [2.05, 4.69) is 10.3 Å². The molecule has 5 rings (SSSR count). The quantitative estimate of drug-likeness (QED) is 0.342. The Kier molecular flexibility index (Phi) is 9.47. The van der Waals surface area contributed by atoms with Gasteiger partial charge in [-0.05, 0) is 73.5 Å². The zero-order valence-electron chi connectivity index (χ0n) is 20.1. The molecule has 1 amide bonds. The van der Waals surface area contributed by atoms with Crippen LogP contribution in [-0.4, -0.2) is 31.0 Å². The molecule has 0 radical (unpaired) electrons. The Morgan fingerprint density at radius 3 is 2.22 bits per heavy atom.